The number of carbonyl (C=O) groups excluding carboxylic acids is 2. The van der Waals surface area contributed by atoms with Gasteiger partial charge in [-0.15, -0.1) is 0 Å². The van der Waals surface area contributed by atoms with Crippen molar-refractivity contribution in [3.8, 4) is 23.0 Å². The summed E-state index contributed by atoms with van der Waals surface area (Å²) in [7, 11) is 0. The van der Waals surface area contributed by atoms with Crippen LogP contribution in [0.1, 0.15) is 27.0 Å². The van der Waals surface area contributed by atoms with Gasteiger partial charge in [0.1, 0.15) is 22.9 Å². The van der Waals surface area contributed by atoms with E-state index in [4.69, 9.17) is 9.47 Å². The first kappa shape index (κ1) is 18.5. The highest BCUT2D eigenvalue weighted by Crippen LogP contribution is 2.59. The fourth-order valence-electron chi connectivity index (χ4n) is 4.01. The lowest BCUT2D eigenvalue weighted by atomic mass is 9.77. The largest absolute Gasteiger partial charge is 0.508 e. The Labute approximate surface area is 179 Å². The van der Waals surface area contributed by atoms with E-state index in [1.807, 2.05) is 0 Å². The Hall–Kier alpha value is -3.52. The molecule has 8 heteroatoms. The Morgan fingerprint density at radius 3 is 2.60 bits per heavy atom. The predicted octanol–water partition coefficient (Wildman–Crippen LogP) is 4.00. The number of ether oxygens (including phenoxy) is 2. The number of rotatable bonds is 2. The van der Waals surface area contributed by atoms with Crippen molar-refractivity contribution in [2.75, 3.05) is 10.6 Å². The lowest BCUT2D eigenvalue weighted by molar-refractivity contribution is -0.113. The first-order valence-corrected chi connectivity index (χ1v) is 10.1. The van der Waals surface area contributed by atoms with E-state index >= 15 is 0 Å². The first-order chi connectivity index (χ1) is 14.5. The van der Waals surface area contributed by atoms with Gasteiger partial charge < -0.3 is 25.0 Å². The van der Waals surface area contributed by atoms with E-state index in [1.54, 1.807) is 36.4 Å². The number of amides is 1. The second-order valence-corrected chi connectivity index (χ2v) is 7.48. The number of fused-ring (bicyclic) bond motifs is 6. The van der Waals surface area contributed by atoms with Gasteiger partial charge in [-0.2, -0.15) is 0 Å². The predicted molar refractivity (Wildman–Crippen MR) is 110 cm³/mol. The molecule has 0 fully saturated rings. The monoisotopic (exact) mass is 467 g/mol. The Balaban J connectivity index is 1.86. The first-order valence-electron chi connectivity index (χ1n) is 9.02. The highest BCUT2D eigenvalue weighted by Gasteiger charge is 2.54. The van der Waals surface area contributed by atoms with E-state index in [2.05, 4.69) is 21.2 Å². The van der Waals surface area contributed by atoms with Gasteiger partial charge in [-0.25, -0.2) is 4.79 Å². The number of nitrogens with one attached hydrogen (secondary N) is 1. The molecule has 3 N–H and O–H groups in total. The third-order valence-corrected chi connectivity index (χ3v) is 5.74. The number of alkyl halides is 1. The number of phenolic OH excluding ortho intramolecular Hbond substituents is 2. The smallest absolute Gasteiger partial charge is 0.340 e. The normalized spacial score (nSPS) is 18.1. The molecule has 150 valence electrons. The summed E-state index contributed by atoms with van der Waals surface area (Å²) in [6.07, 6.45) is 0. The van der Waals surface area contributed by atoms with Gasteiger partial charge in [0.15, 0.2) is 11.4 Å². The molecule has 1 atom stereocenters. The zero-order valence-corrected chi connectivity index (χ0v) is 16.9. The number of carbonyl (C=O) groups is 2. The van der Waals surface area contributed by atoms with Crippen LogP contribution in [-0.2, 0) is 15.1 Å². The van der Waals surface area contributed by atoms with Gasteiger partial charge in [0.05, 0.1) is 16.5 Å². The van der Waals surface area contributed by atoms with Crippen molar-refractivity contribution >= 4 is 33.5 Å². The van der Waals surface area contributed by atoms with Crippen LogP contribution in [0.2, 0.25) is 0 Å². The minimum atomic E-state index is -1.36. The molecule has 5 rings (SSSR count). The average Bonchev–Trinajstić information content (AvgIpc) is 3.03. The lowest BCUT2D eigenvalue weighted by Gasteiger charge is -2.37. The van der Waals surface area contributed by atoms with Crippen LogP contribution in [0, 0.1) is 0 Å². The molecule has 1 amide bonds. The van der Waals surface area contributed by atoms with Crippen molar-refractivity contribution in [3.63, 3.8) is 0 Å². The summed E-state index contributed by atoms with van der Waals surface area (Å²) in [4.78, 5) is 24.8. The van der Waals surface area contributed by atoms with Gasteiger partial charge in [0, 0.05) is 17.2 Å². The highest BCUT2D eigenvalue weighted by atomic mass is 79.9. The third kappa shape index (κ3) is 2.43. The molecule has 3 aromatic carbocycles. The van der Waals surface area contributed by atoms with Crippen LogP contribution in [0.4, 0.5) is 5.69 Å². The van der Waals surface area contributed by atoms with Crippen molar-refractivity contribution in [1.82, 2.24) is 0 Å². The molecule has 2 aliphatic heterocycles. The molecule has 0 radical (unpaired) electrons. The second kappa shape index (κ2) is 6.50. The topological polar surface area (TPSA) is 105 Å². The quantitative estimate of drug-likeness (QED) is 0.299. The maximum atomic E-state index is 12.8. The summed E-state index contributed by atoms with van der Waals surface area (Å²) in [5, 5.41) is 23.1. The van der Waals surface area contributed by atoms with Gasteiger partial charge in [0.25, 0.3) is 0 Å². The molecule has 1 spiro atoms. The Bertz CT molecular complexity index is 1240. The number of anilines is 1. The molecule has 0 bridgehead atoms. The summed E-state index contributed by atoms with van der Waals surface area (Å²) >= 11 is 3.08. The number of esters is 1. The molecule has 0 saturated carbocycles. The number of phenols is 2. The van der Waals surface area contributed by atoms with Crippen LogP contribution in [0.25, 0.3) is 0 Å². The van der Waals surface area contributed by atoms with E-state index in [0.29, 0.717) is 22.3 Å². The van der Waals surface area contributed by atoms with E-state index < -0.39 is 17.5 Å². The molecular formula is C22H14BrNO6. The van der Waals surface area contributed by atoms with Crippen LogP contribution in [0.5, 0.6) is 23.0 Å². The van der Waals surface area contributed by atoms with Crippen LogP contribution in [-0.4, -0.2) is 27.4 Å². The van der Waals surface area contributed by atoms with Gasteiger partial charge in [-0.3, -0.25) is 4.79 Å². The van der Waals surface area contributed by atoms with Crippen molar-refractivity contribution in [2.24, 2.45) is 0 Å². The number of halogens is 1. The molecule has 0 saturated heterocycles. The minimum Gasteiger partial charge on any atom is -0.508 e. The summed E-state index contributed by atoms with van der Waals surface area (Å²) in [5.74, 6) is -0.784. The Kier molecular flexibility index (Phi) is 4.01. The van der Waals surface area contributed by atoms with Crippen molar-refractivity contribution in [2.45, 2.75) is 5.60 Å². The van der Waals surface area contributed by atoms with Crippen molar-refractivity contribution < 1.29 is 29.3 Å². The third-order valence-electron chi connectivity index (χ3n) is 5.23. The molecule has 7 nitrogen and oxygen atoms in total. The molecule has 2 aliphatic rings. The van der Waals surface area contributed by atoms with E-state index in [1.165, 1.54) is 18.2 Å². The number of benzene rings is 3. The zero-order chi connectivity index (χ0) is 21.0. The van der Waals surface area contributed by atoms with Crippen LogP contribution in [0.15, 0.2) is 54.6 Å². The Morgan fingerprint density at radius 2 is 1.80 bits per heavy atom. The molecule has 2 heterocycles. The average molecular weight is 468 g/mol. The summed E-state index contributed by atoms with van der Waals surface area (Å²) in [6, 6.07) is 14.5. The van der Waals surface area contributed by atoms with Crippen LogP contribution < -0.4 is 10.1 Å². The van der Waals surface area contributed by atoms with Crippen molar-refractivity contribution in [3.05, 3.63) is 76.9 Å². The minimum absolute atomic E-state index is 0.0104. The highest BCUT2D eigenvalue weighted by molar-refractivity contribution is 9.09. The Morgan fingerprint density at radius 1 is 1.03 bits per heavy atom. The molecule has 3 aromatic rings. The van der Waals surface area contributed by atoms with Gasteiger partial charge in [-0.05, 0) is 30.3 Å². The molecule has 1 unspecified atom stereocenters. The number of hydrogen-bond acceptors (Lipinski definition) is 6. The van der Waals surface area contributed by atoms with Crippen LogP contribution >= 0.6 is 15.9 Å². The standard InChI is InChI=1S/C22H14BrNO6/c23-10-18(27)24-19-16(26)8-7-15-20(19)29-17-9-11(25)5-6-14(17)22(15)13-4-2-1-3-12(13)21(28)30-22/h1-9,25-26H,10H2,(H,24,27). The van der Waals surface area contributed by atoms with Gasteiger partial charge in [-0.1, -0.05) is 34.1 Å². The van der Waals surface area contributed by atoms with Gasteiger partial charge in [0.2, 0.25) is 5.91 Å². The lowest BCUT2D eigenvalue weighted by Crippen LogP contribution is -2.33. The van der Waals surface area contributed by atoms with E-state index in [9.17, 15) is 19.8 Å². The zero-order valence-electron chi connectivity index (χ0n) is 15.3. The van der Waals surface area contributed by atoms with Crippen molar-refractivity contribution in [1.29, 1.82) is 0 Å². The van der Waals surface area contributed by atoms with E-state index in [0.717, 1.165) is 0 Å². The second-order valence-electron chi connectivity index (χ2n) is 6.92. The molecule has 0 aliphatic carbocycles. The van der Waals surface area contributed by atoms with E-state index in [-0.39, 0.29) is 34.0 Å². The van der Waals surface area contributed by atoms with Gasteiger partial charge >= 0.3 is 5.97 Å². The fraction of sp³-hybridized carbons (Fsp3) is 0.0909. The summed E-state index contributed by atoms with van der Waals surface area (Å²) < 4.78 is 12.0. The van der Waals surface area contributed by atoms with Crippen LogP contribution in [0.3, 0.4) is 0 Å². The fourth-order valence-corrected chi connectivity index (χ4v) is 4.15. The maximum absolute atomic E-state index is 12.8. The molecule has 0 aromatic heterocycles. The summed E-state index contributed by atoms with van der Waals surface area (Å²) in [6.45, 7) is 0. The molecular weight excluding hydrogens is 454 g/mol. The maximum Gasteiger partial charge on any atom is 0.340 e. The number of hydrogen-bond donors (Lipinski definition) is 3. The SMILES string of the molecule is O=C(CBr)Nc1c(O)ccc2c1Oc1cc(O)ccc1C21OC(=O)c2ccccc21. The number of aromatic hydroxyl groups is 2. The summed E-state index contributed by atoms with van der Waals surface area (Å²) in [5.41, 5.74) is 0.673. The molecule has 30 heavy (non-hydrogen) atoms.